The van der Waals surface area contributed by atoms with E-state index < -0.39 is 17.7 Å². The van der Waals surface area contributed by atoms with Crippen molar-refractivity contribution < 1.29 is 19.4 Å². The Morgan fingerprint density at radius 2 is 1.76 bits per heavy atom. The molecule has 182 valence electrons. The summed E-state index contributed by atoms with van der Waals surface area (Å²) < 4.78 is 6.59. The van der Waals surface area contributed by atoms with Gasteiger partial charge in [-0.3, -0.25) is 9.59 Å². The predicted octanol–water partition coefficient (Wildman–Crippen LogP) is 5.31. The van der Waals surface area contributed by atoms with Crippen LogP contribution in [0, 0.1) is 6.92 Å². The number of aliphatic hydroxyl groups excluding tert-OH is 1. The molecule has 1 N–H and O–H groups in total. The lowest BCUT2D eigenvalue weighted by atomic mass is 9.94. The van der Waals surface area contributed by atoms with Gasteiger partial charge in [0.25, 0.3) is 11.7 Å². The number of benzene rings is 2. The molecule has 3 rings (SSSR count). The fourth-order valence-electron chi connectivity index (χ4n) is 4.25. The average Bonchev–Trinajstić information content (AvgIpc) is 3.08. The van der Waals surface area contributed by atoms with Gasteiger partial charge in [0.1, 0.15) is 11.5 Å². The van der Waals surface area contributed by atoms with Crippen molar-refractivity contribution in [3.63, 3.8) is 0 Å². The molecule has 1 fully saturated rings. The van der Waals surface area contributed by atoms with E-state index in [0.29, 0.717) is 31.0 Å². The third kappa shape index (κ3) is 5.53. The van der Waals surface area contributed by atoms with Crippen molar-refractivity contribution in [2.24, 2.45) is 0 Å². The zero-order valence-corrected chi connectivity index (χ0v) is 21.9. The molecule has 2 aromatic rings. The molecule has 0 bridgehead atoms. The summed E-state index contributed by atoms with van der Waals surface area (Å²) in [5.41, 5.74) is 2.20. The van der Waals surface area contributed by atoms with Gasteiger partial charge < -0.3 is 19.6 Å². The van der Waals surface area contributed by atoms with Crippen LogP contribution in [0.2, 0.25) is 0 Å². The van der Waals surface area contributed by atoms with Crippen molar-refractivity contribution in [2.75, 3.05) is 32.8 Å². The SMILES string of the molecule is CCCOc1ccc(C(O)=C2C(=O)C(=O)N(CCN(CC)CC)[C@@H]2c2ccc(Br)cc2)c(C)c1. The molecule has 2 aromatic carbocycles. The smallest absolute Gasteiger partial charge is 0.295 e. The minimum Gasteiger partial charge on any atom is -0.507 e. The van der Waals surface area contributed by atoms with Crippen molar-refractivity contribution in [3.05, 3.63) is 69.2 Å². The van der Waals surface area contributed by atoms with Crippen molar-refractivity contribution in [2.45, 2.75) is 40.2 Å². The minimum absolute atomic E-state index is 0.122. The summed E-state index contributed by atoms with van der Waals surface area (Å²) in [5.74, 6) is -0.686. The second-order valence-corrected chi connectivity index (χ2v) is 9.31. The van der Waals surface area contributed by atoms with Crippen molar-refractivity contribution in [1.82, 2.24) is 9.80 Å². The molecule has 0 unspecified atom stereocenters. The number of amides is 1. The molecule has 0 spiro atoms. The lowest BCUT2D eigenvalue weighted by Gasteiger charge is -2.28. The summed E-state index contributed by atoms with van der Waals surface area (Å²) in [6, 6.07) is 12.2. The Morgan fingerprint density at radius 3 is 2.35 bits per heavy atom. The van der Waals surface area contributed by atoms with E-state index in [1.54, 1.807) is 17.0 Å². The van der Waals surface area contributed by atoms with E-state index in [1.165, 1.54) is 0 Å². The van der Waals surface area contributed by atoms with Crippen LogP contribution in [0.4, 0.5) is 0 Å². The fraction of sp³-hybridized carbons (Fsp3) is 0.407. The number of nitrogens with zero attached hydrogens (tertiary/aromatic N) is 2. The monoisotopic (exact) mass is 528 g/mol. The Labute approximate surface area is 210 Å². The first kappa shape index (κ1) is 26.0. The van der Waals surface area contributed by atoms with Gasteiger partial charge in [-0.05, 0) is 67.9 Å². The topological polar surface area (TPSA) is 70.1 Å². The van der Waals surface area contributed by atoms with E-state index in [2.05, 4.69) is 34.7 Å². The highest BCUT2D eigenvalue weighted by Gasteiger charge is 2.46. The van der Waals surface area contributed by atoms with E-state index in [4.69, 9.17) is 4.74 Å². The van der Waals surface area contributed by atoms with E-state index in [1.807, 2.05) is 44.2 Å². The first-order valence-electron chi connectivity index (χ1n) is 11.8. The largest absolute Gasteiger partial charge is 0.507 e. The van der Waals surface area contributed by atoms with Crippen LogP contribution in [0.1, 0.15) is 49.9 Å². The number of ketones is 1. The van der Waals surface area contributed by atoms with Gasteiger partial charge in [0.15, 0.2) is 0 Å². The standard InChI is InChI=1S/C27H33BrN2O4/c1-5-16-34-21-12-13-22(18(4)17-21)25(31)23-24(19-8-10-20(28)11-9-19)30(27(33)26(23)32)15-14-29(6-2)7-3/h8-13,17,24,31H,5-7,14-16H2,1-4H3/t24-/m1/s1. The molecule has 0 aliphatic carbocycles. The van der Waals surface area contributed by atoms with Gasteiger partial charge in [-0.15, -0.1) is 0 Å². The lowest BCUT2D eigenvalue weighted by Crippen LogP contribution is -2.38. The van der Waals surface area contributed by atoms with Crippen molar-refractivity contribution >= 4 is 33.4 Å². The number of ether oxygens (including phenoxy) is 1. The first-order chi connectivity index (χ1) is 16.3. The number of aryl methyl sites for hydroxylation is 1. The number of halogens is 1. The third-order valence-electron chi connectivity index (χ3n) is 6.20. The second kappa shape index (κ2) is 11.7. The van der Waals surface area contributed by atoms with Gasteiger partial charge in [0.2, 0.25) is 0 Å². The maximum Gasteiger partial charge on any atom is 0.295 e. The molecule has 1 saturated heterocycles. The lowest BCUT2D eigenvalue weighted by molar-refractivity contribution is -0.140. The number of hydrogen-bond donors (Lipinski definition) is 1. The maximum absolute atomic E-state index is 13.2. The molecule has 34 heavy (non-hydrogen) atoms. The zero-order valence-electron chi connectivity index (χ0n) is 20.3. The molecule has 7 heteroatoms. The van der Waals surface area contributed by atoms with Gasteiger partial charge in [0.05, 0.1) is 18.2 Å². The van der Waals surface area contributed by atoms with Crippen LogP contribution < -0.4 is 4.74 Å². The van der Waals surface area contributed by atoms with Crippen LogP contribution in [0.25, 0.3) is 5.76 Å². The molecular formula is C27H33BrN2O4. The van der Waals surface area contributed by atoms with Crippen LogP contribution in [0.15, 0.2) is 52.5 Å². The number of aliphatic hydroxyl groups is 1. The van der Waals surface area contributed by atoms with Crippen LogP contribution in [0.5, 0.6) is 5.75 Å². The molecule has 0 aromatic heterocycles. The summed E-state index contributed by atoms with van der Waals surface area (Å²) in [6.45, 7) is 11.4. The maximum atomic E-state index is 13.2. The number of hydrogen-bond acceptors (Lipinski definition) is 5. The highest BCUT2D eigenvalue weighted by Crippen LogP contribution is 2.40. The number of rotatable bonds is 10. The fourth-order valence-corrected chi connectivity index (χ4v) is 4.51. The van der Waals surface area contributed by atoms with E-state index in [-0.39, 0.29) is 11.3 Å². The Hall–Kier alpha value is -2.64. The van der Waals surface area contributed by atoms with Crippen LogP contribution in [-0.4, -0.2) is 59.4 Å². The van der Waals surface area contributed by atoms with Gasteiger partial charge in [-0.2, -0.15) is 0 Å². The van der Waals surface area contributed by atoms with Gasteiger partial charge in [-0.25, -0.2) is 0 Å². The molecular weight excluding hydrogens is 496 g/mol. The summed E-state index contributed by atoms with van der Waals surface area (Å²) in [5, 5.41) is 11.3. The Bertz CT molecular complexity index is 1060. The summed E-state index contributed by atoms with van der Waals surface area (Å²) >= 11 is 3.45. The van der Waals surface area contributed by atoms with Gasteiger partial charge in [0, 0.05) is 23.1 Å². The highest BCUT2D eigenvalue weighted by molar-refractivity contribution is 9.10. The third-order valence-corrected chi connectivity index (χ3v) is 6.73. The second-order valence-electron chi connectivity index (χ2n) is 8.40. The number of carbonyl (C=O) groups excluding carboxylic acids is 2. The van der Waals surface area contributed by atoms with Crippen LogP contribution >= 0.6 is 15.9 Å². The van der Waals surface area contributed by atoms with Gasteiger partial charge >= 0.3 is 0 Å². The molecule has 1 aliphatic rings. The molecule has 6 nitrogen and oxygen atoms in total. The zero-order chi connectivity index (χ0) is 24.8. The predicted molar refractivity (Wildman–Crippen MR) is 138 cm³/mol. The number of Topliss-reactive ketones (excluding diaryl/α,β-unsaturated/α-hetero) is 1. The number of likely N-dealkylation sites (tertiary alicyclic amines) is 1. The Morgan fingerprint density at radius 1 is 1.09 bits per heavy atom. The minimum atomic E-state index is -0.657. The Kier molecular flexibility index (Phi) is 8.91. The molecule has 1 amide bonds. The molecule has 1 heterocycles. The Balaban J connectivity index is 2.07. The number of carbonyl (C=O) groups is 2. The first-order valence-corrected chi connectivity index (χ1v) is 12.6. The quantitative estimate of drug-likeness (QED) is 0.257. The summed E-state index contributed by atoms with van der Waals surface area (Å²) in [7, 11) is 0. The van der Waals surface area contributed by atoms with E-state index >= 15 is 0 Å². The van der Waals surface area contributed by atoms with Crippen molar-refractivity contribution in [3.8, 4) is 5.75 Å². The van der Waals surface area contributed by atoms with E-state index in [9.17, 15) is 14.7 Å². The van der Waals surface area contributed by atoms with E-state index in [0.717, 1.165) is 35.1 Å². The van der Waals surface area contributed by atoms with Crippen LogP contribution in [0.3, 0.4) is 0 Å². The van der Waals surface area contributed by atoms with Crippen LogP contribution in [-0.2, 0) is 9.59 Å². The summed E-state index contributed by atoms with van der Waals surface area (Å²) in [6.07, 6.45) is 0.894. The molecule has 1 atom stereocenters. The molecule has 0 radical (unpaired) electrons. The van der Waals surface area contributed by atoms with Gasteiger partial charge in [-0.1, -0.05) is 48.8 Å². The highest BCUT2D eigenvalue weighted by atomic mass is 79.9. The molecule has 0 saturated carbocycles. The number of likely N-dealkylation sites (N-methyl/N-ethyl adjacent to an activating group) is 1. The summed E-state index contributed by atoms with van der Waals surface area (Å²) in [4.78, 5) is 30.2. The molecule has 1 aliphatic heterocycles. The average molecular weight is 529 g/mol. The normalized spacial score (nSPS) is 17.6. The van der Waals surface area contributed by atoms with Crippen molar-refractivity contribution in [1.29, 1.82) is 0 Å².